The lowest BCUT2D eigenvalue weighted by molar-refractivity contribution is 0.102. The number of hydrogen-bond acceptors (Lipinski definition) is 2. The first-order valence-corrected chi connectivity index (χ1v) is 5.59. The minimum Gasteiger partial charge on any atom is -0.322 e. The van der Waals surface area contributed by atoms with Gasteiger partial charge in [0.2, 0.25) is 0 Å². The summed E-state index contributed by atoms with van der Waals surface area (Å²) in [5.74, 6) is -0.129. The standard InChI is InChI=1S/C13H15N3O/c1-3-16-9-11(8-14-16)13(17)15-12-6-4-5-10(2)7-12/h4-9H,3H2,1-2H3,(H,15,17). The minimum atomic E-state index is -0.129. The number of carbonyl (C=O) groups excluding carboxylic acids is 1. The summed E-state index contributed by atoms with van der Waals surface area (Å²) in [5, 5.41) is 6.91. The number of hydrogen-bond donors (Lipinski definition) is 1. The zero-order chi connectivity index (χ0) is 12.3. The van der Waals surface area contributed by atoms with E-state index in [-0.39, 0.29) is 5.91 Å². The number of rotatable bonds is 3. The van der Waals surface area contributed by atoms with Crippen molar-refractivity contribution in [3.8, 4) is 0 Å². The summed E-state index contributed by atoms with van der Waals surface area (Å²) in [4.78, 5) is 11.9. The molecule has 0 aliphatic heterocycles. The van der Waals surface area contributed by atoms with Crippen molar-refractivity contribution < 1.29 is 4.79 Å². The highest BCUT2D eigenvalue weighted by Gasteiger charge is 2.08. The fraction of sp³-hybridized carbons (Fsp3) is 0.231. The average molecular weight is 229 g/mol. The van der Waals surface area contributed by atoms with Gasteiger partial charge in [0.25, 0.3) is 5.91 Å². The number of nitrogens with zero attached hydrogens (tertiary/aromatic N) is 2. The fourth-order valence-corrected chi connectivity index (χ4v) is 1.58. The summed E-state index contributed by atoms with van der Waals surface area (Å²) >= 11 is 0. The quantitative estimate of drug-likeness (QED) is 0.878. The van der Waals surface area contributed by atoms with E-state index in [9.17, 15) is 4.79 Å². The Morgan fingerprint density at radius 2 is 2.29 bits per heavy atom. The maximum absolute atomic E-state index is 11.9. The molecule has 2 aromatic rings. The van der Waals surface area contributed by atoms with Crippen LogP contribution in [0.3, 0.4) is 0 Å². The highest BCUT2D eigenvalue weighted by atomic mass is 16.1. The van der Waals surface area contributed by atoms with Crippen molar-refractivity contribution in [2.75, 3.05) is 5.32 Å². The summed E-state index contributed by atoms with van der Waals surface area (Å²) in [6.45, 7) is 4.73. The van der Waals surface area contributed by atoms with Gasteiger partial charge in [-0.2, -0.15) is 5.10 Å². The third-order valence-electron chi connectivity index (χ3n) is 2.50. The van der Waals surface area contributed by atoms with E-state index in [1.807, 2.05) is 38.1 Å². The van der Waals surface area contributed by atoms with Crippen molar-refractivity contribution in [3.05, 3.63) is 47.8 Å². The largest absolute Gasteiger partial charge is 0.322 e. The van der Waals surface area contributed by atoms with Crippen molar-refractivity contribution in [3.63, 3.8) is 0 Å². The molecule has 0 aliphatic rings. The SMILES string of the molecule is CCn1cc(C(=O)Nc2cccc(C)c2)cn1. The van der Waals surface area contributed by atoms with Gasteiger partial charge in [0.05, 0.1) is 11.8 Å². The molecule has 4 heteroatoms. The first-order chi connectivity index (χ1) is 8.19. The van der Waals surface area contributed by atoms with Gasteiger partial charge in [-0.05, 0) is 31.5 Å². The second kappa shape index (κ2) is 4.82. The Morgan fingerprint density at radius 1 is 1.47 bits per heavy atom. The summed E-state index contributed by atoms with van der Waals surface area (Å²) in [6.07, 6.45) is 3.32. The molecule has 1 aromatic heterocycles. The molecule has 0 fully saturated rings. The van der Waals surface area contributed by atoms with Crippen LogP contribution in [0.15, 0.2) is 36.7 Å². The molecule has 17 heavy (non-hydrogen) atoms. The van der Waals surface area contributed by atoms with Crippen LogP contribution >= 0.6 is 0 Å². The van der Waals surface area contributed by atoms with E-state index in [4.69, 9.17) is 0 Å². The maximum Gasteiger partial charge on any atom is 0.258 e. The number of amides is 1. The van der Waals surface area contributed by atoms with E-state index in [1.165, 1.54) is 0 Å². The number of nitrogens with one attached hydrogen (secondary N) is 1. The highest BCUT2D eigenvalue weighted by molar-refractivity contribution is 6.03. The van der Waals surface area contributed by atoms with Gasteiger partial charge in [0.1, 0.15) is 0 Å². The summed E-state index contributed by atoms with van der Waals surface area (Å²) in [5.41, 5.74) is 2.50. The zero-order valence-corrected chi connectivity index (χ0v) is 9.97. The van der Waals surface area contributed by atoms with E-state index in [0.717, 1.165) is 17.8 Å². The van der Waals surface area contributed by atoms with Gasteiger partial charge in [-0.3, -0.25) is 9.48 Å². The van der Waals surface area contributed by atoms with Gasteiger partial charge in [-0.1, -0.05) is 12.1 Å². The van der Waals surface area contributed by atoms with Crippen LogP contribution in [0.25, 0.3) is 0 Å². The number of aryl methyl sites for hydroxylation is 2. The molecule has 1 heterocycles. The lowest BCUT2D eigenvalue weighted by Crippen LogP contribution is -2.11. The van der Waals surface area contributed by atoms with Gasteiger partial charge in [0.15, 0.2) is 0 Å². The Labute approximate surface area is 100 Å². The second-order valence-electron chi connectivity index (χ2n) is 3.91. The number of aromatic nitrogens is 2. The zero-order valence-electron chi connectivity index (χ0n) is 9.97. The Balaban J connectivity index is 2.11. The molecule has 0 radical (unpaired) electrons. The monoisotopic (exact) mass is 229 g/mol. The number of carbonyl (C=O) groups is 1. The van der Waals surface area contributed by atoms with Crippen molar-refractivity contribution in [1.29, 1.82) is 0 Å². The molecule has 0 bridgehead atoms. The van der Waals surface area contributed by atoms with Crippen LogP contribution in [0.5, 0.6) is 0 Å². The molecule has 0 atom stereocenters. The second-order valence-corrected chi connectivity index (χ2v) is 3.91. The molecule has 0 unspecified atom stereocenters. The van der Waals surface area contributed by atoms with E-state index >= 15 is 0 Å². The molecule has 0 saturated carbocycles. The van der Waals surface area contributed by atoms with Crippen LogP contribution in [0.4, 0.5) is 5.69 Å². The number of anilines is 1. The molecule has 1 amide bonds. The smallest absolute Gasteiger partial charge is 0.258 e. The lowest BCUT2D eigenvalue weighted by atomic mass is 10.2. The van der Waals surface area contributed by atoms with Crippen LogP contribution in [0.1, 0.15) is 22.8 Å². The molecule has 88 valence electrons. The Kier molecular flexibility index (Phi) is 3.23. The topological polar surface area (TPSA) is 46.9 Å². The van der Waals surface area contributed by atoms with Crippen molar-refractivity contribution in [2.24, 2.45) is 0 Å². The van der Waals surface area contributed by atoms with Crippen molar-refractivity contribution >= 4 is 11.6 Å². The molecule has 0 saturated heterocycles. The first kappa shape index (κ1) is 11.4. The Morgan fingerprint density at radius 3 is 2.94 bits per heavy atom. The molecule has 1 aromatic carbocycles. The summed E-state index contributed by atoms with van der Waals surface area (Å²) < 4.78 is 1.73. The molecule has 0 spiro atoms. The van der Waals surface area contributed by atoms with Crippen LogP contribution in [-0.4, -0.2) is 15.7 Å². The van der Waals surface area contributed by atoms with Gasteiger partial charge >= 0.3 is 0 Å². The maximum atomic E-state index is 11.9. The van der Waals surface area contributed by atoms with Crippen molar-refractivity contribution in [1.82, 2.24) is 9.78 Å². The van der Waals surface area contributed by atoms with Crippen LogP contribution in [0, 0.1) is 6.92 Å². The third-order valence-corrected chi connectivity index (χ3v) is 2.50. The molecule has 2 rings (SSSR count). The molecule has 4 nitrogen and oxygen atoms in total. The van der Waals surface area contributed by atoms with Gasteiger partial charge in [-0.15, -0.1) is 0 Å². The fourth-order valence-electron chi connectivity index (χ4n) is 1.58. The van der Waals surface area contributed by atoms with Gasteiger partial charge < -0.3 is 5.32 Å². The van der Waals surface area contributed by atoms with Crippen molar-refractivity contribution in [2.45, 2.75) is 20.4 Å². The normalized spacial score (nSPS) is 10.2. The predicted octanol–water partition coefficient (Wildman–Crippen LogP) is 2.46. The van der Waals surface area contributed by atoms with Crippen LogP contribution in [0.2, 0.25) is 0 Å². The summed E-state index contributed by atoms with van der Waals surface area (Å²) in [6, 6.07) is 7.71. The van der Waals surface area contributed by atoms with E-state index in [0.29, 0.717) is 5.56 Å². The first-order valence-electron chi connectivity index (χ1n) is 5.59. The third kappa shape index (κ3) is 2.72. The molecular weight excluding hydrogens is 214 g/mol. The average Bonchev–Trinajstić information content (AvgIpc) is 2.77. The molecule has 1 N–H and O–H groups in total. The van der Waals surface area contributed by atoms with Gasteiger partial charge in [-0.25, -0.2) is 0 Å². The highest BCUT2D eigenvalue weighted by Crippen LogP contribution is 2.11. The van der Waals surface area contributed by atoms with Crippen LogP contribution < -0.4 is 5.32 Å². The molecular formula is C13H15N3O. The molecule has 0 aliphatic carbocycles. The number of benzene rings is 1. The van der Waals surface area contributed by atoms with Crippen LogP contribution in [-0.2, 0) is 6.54 Å². The minimum absolute atomic E-state index is 0.129. The van der Waals surface area contributed by atoms with E-state index < -0.39 is 0 Å². The Hall–Kier alpha value is -2.10. The van der Waals surface area contributed by atoms with E-state index in [2.05, 4.69) is 10.4 Å². The predicted molar refractivity (Wildman–Crippen MR) is 67.0 cm³/mol. The lowest BCUT2D eigenvalue weighted by Gasteiger charge is -2.03. The van der Waals surface area contributed by atoms with Gasteiger partial charge in [0, 0.05) is 18.4 Å². The van der Waals surface area contributed by atoms with E-state index in [1.54, 1.807) is 17.1 Å². The summed E-state index contributed by atoms with van der Waals surface area (Å²) in [7, 11) is 0. The Bertz CT molecular complexity index is 531.